The Kier molecular flexibility index (Phi) is 2.57. The zero-order valence-electron chi connectivity index (χ0n) is 11.5. The third-order valence-electron chi connectivity index (χ3n) is 3.68. The minimum atomic E-state index is 0.607. The fourth-order valence-corrected chi connectivity index (χ4v) is 2.70. The van der Waals surface area contributed by atoms with Crippen LogP contribution in [-0.4, -0.2) is 15.0 Å². The topological polar surface area (TPSA) is 91.4 Å². The molecule has 22 heavy (non-hydrogen) atoms. The molecule has 0 unspecified atom stereocenters. The van der Waals surface area contributed by atoms with E-state index in [1.165, 1.54) is 6.33 Å². The minimum Gasteiger partial charge on any atom is -0.399 e. The van der Waals surface area contributed by atoms with Gasteiger partial charge >= 0.3 is 0 Å². The highest BCUT2D eigenvalue weighted by Crippen LogP contribution is 2.32. The van der Waals surface area contributed by atoms with Crippen LogP contribution < -0.4 is 5.73 Å². The van der Waals surface area contributed by atoms with Gasteiger partial charge in [0.25, 0.3) is 0 Å². The number of nitrogens with two attached hydrogens (primary N) is 1. The molecule has 4 rings (SSSR count). The Bertz CT molecular complexity index is 1060. The Balaban J connectivity index is 2.13. The third kappa shape index (κ3) is 1.79. The SMILES string of the molecule is N#Cc1ccc2[nH]c3ncnc(-c4cccc(N)c4)c3c2c1. The number of aromatic amines is 1. The van der Waals surface area contributed by atoms with E-state index in [-0.39, 0.29) is 0 Å². The molecule has 5 nitrogen and oxygen atoms in total. The normalized spacial score (nSPS) is 10.9. The van der Waals surface area contributed by atoms with Gasteiger partial charge in [0.2, 0.25) is 0 Å². The van der Waals surface area contributed by atoms with Gasteiger partial charge in [-0.15, -0.1) is 0 Å². The van der Waals surface area contributed by atoms with E-state index in [0.29, 0.717) is 11.3 Å². The van der Waals surface area contributed by atoms with Crippen LogP contribution in [0.2, 0.25) is 0 Å². The number of anilines is 1. The molecule has 2 aromatic carbocycles. The van der Waals surface area contributed by atoms with Gasteiger partial charge in [0.05, 0.1) is 22.7 Å². The van der Waals surface area contributed by atoms with Gasteiger partial charge in [-0.1, -0.05) is 12.1 Å². The Morgan fingerprint density at radius 3 is 2.82 bits per heavy atom. The van der Waals surface area contributed by atoms with Crippen LogP contribution >= 0.6 is 0 Å². The monoisotopic (exact) mass is 285 g/mol. The molecule has 0 spiro atoms. The molecule has 0 aliphatic carbocycles. The van der Waals surface area contributed by atoms with Gasteiger partial charge < -0.3 is 10.7 Å². The smallest absolute Gasteiger partial charge is 0.142 e. The van der Waals surface area contributed by atoms with Crippen molar-refractivity contribution in [1.82, 2.24) is 15.0 Å². The summed E-state index contributed by atoms with van der Waals surface area (Å²) in [7, 11) is 0. The Hall–Kier alpha value is -3.39. The molecule has 0 radical (unpaired) electrons. The maximum Gasteiger partial charge on any atom is 0.142 e. The number of fused-ring (bicyclic) bond motifs is 3. The summed E-state index contributed by atoms with van der Waals surface area (Å²) in [6.07, 6.45) is 1.53. The van der Waals surface area contributed by atoms with E-state index in [1.54, 1.807) is 6.07 Å². The van der Waals surface area contributed by atoms with E-state index in [9.17, 15) is 0 Å². The standard InChI is InChI=1S/C17H11N5/c18-8-10-4-5-14-13(6-10)15-16(20-9-21-17(15)22-14)11-2-1-3-12(19)7-11/h1-7,9H,19H2,(H,20,21,22). The van der Waals surface area contributed by atoms with Crippen molar-refractivity contribution in [2.45, 2.75) is 0 Å². The highest BCUT2D eigenvalue weighted by Gasteiger charge is 2.13. The maximum atomic E-state index is 9.12. The fourth-order valence-electron chi connectivity index (χ4n) is 2.70. The quantitative estimate of drug-likeness (QED) is 0.525. The summed E-state index contributed by atoms with van der Waals surface area (Å²) >= 11 is 0. The van der Waals surface area contributed by atoms with Crippen molar-refractivity contribution in [3.05, 3.63) is 54.4 Å². The lowest BCUT2D eigenvalue weighted by atomic mass is 10.0. The van der Waals surface area contributed by atoms with Gasteiger partial charge in [-0.25, -0.2) is 9.97 Å². The number of benzene rings is 2. The van der Waals surface area contributed by atoms with Crippen LogP contribution in [0.3, 0.4) is 0 Å². The van der Waals surface area contributed by atoms with E-state index < -0.39 is 0 Å². The number of nitriles is 1. The largest absolute Gasteiger partial charge is 0.399 e. The van der Waals surface area contributed by atoms with E-state index in [2.05, 4.69) is 21.0 Å². The third-order valence-corrected chi connectivity index (χ3v) is 3.68. The van der Waals surface area contributed by atoms with Crippen molar-refractivity contribution < 1.29 is 0 Å². The van der Waals surface area contributed by atoms with Crippen LogP contribution in [0.5, 0.6) is 0 Å². The first-order valence-corrected chi connectivity index (χ1v) is 6.79. The van der Waals surface area contributed by atoms with Gasteiger partial charge in [0, 0.05) is 22.2 Å². The Labute approximate surface area is 126 Å². The van der Waals surface area contributed by atoms with Gasteiger partial charge in [-0.05, 0) is 30.3 Å². The molecule has 104 valence electrons. The van der Waals surface area contributed by atoms with Gasteiger partial charge in [-0.3, -0.25) is 0 Å². The van der Waals surface area contributed by atoms with Crippen molar-refractivity contribution in [3.8, 4) is 17.3 Å². The number of hydrogen-bond donors (Lipinski definition) is 2. The predicted molar refractivity (Wildman–Crippen MR) is 86.0 cm³/mol. The molecule has 5 heteroatoms. The van der Waals surface area contributed by atoms with Crippen LogP contribution in [0, 0.1) is 11.3 Å². The minimum absolute atomic E-state index is 0.607. The van der Waals surface area contributed by atoms with Crippen molar-refractivity contribution in [1.29, 1.82) is 5.26 Å². The summed E-state index contributed by atoms with van der Waals surface area (Å²) in [5.74, 6) is 0. The first kappa shape index (κ1) is 12.4. The highest BCUT2D eigenvalue weighted by atomic mass is 14.9. The zero-order chi connectivity index (χ0) is 15.1. The lowest BCUT2D eigenvalue weighted by molar-refractivity contribution is 1.21. The second-order valence-corrected chi connectivity index (χ2v) is 5.07. The summed E-state index contributed by atoms with van der Waals surface area (Å²) in [5.41, 5.74) is 10.6. The average molecular weight is 285 g/mol. The molecular formula is C17H11N5. The Morgan fingerprint density at radius 1 is 1.09 bits per heavy atom. The number of aromatic nitrogens is 3. The molecule has 4 aromatic rings. The fraction of sp³-hybridized carbons (Fsp3) is 0. The van der Waals surface area contributed by atoms with Crippen molar-refractivity contribution in [3.63, 3.8) is 0 Å². The van der Waals surface area contributed by atoms with Crippen molar-refractivity contribution >= 4 is 27.6 Å². The summed E-state index contributed by atoms with van der Waals surface area (Å²) in [4.78, 5) is 12.0. The first-order valence-electron chi connectivity index (χ1n) is 6.79. The molecule has 2 aromatic heterocycles. The van der Waals surface area contributed by atoms with Gasteiger partial charge in [0.1, 0.15) is 12.0 Å². The maximum absolute atomic E-state index is 9.12. The van der Waals surface area contributed by atoms with Crippen LogP contribution in [0.25, 0.3) is 33.2 Å². The van der Waals surface area contributed by atoms with E-state index in [4.69, 9.17) is 11.0 Å². The van der Waals surface area contributed by atoms with Crippen LogP contribution in [0.1, 0.15) is 5.56 Å². The summed E-state index contributed by atoms with van der Waals surface area (Å²) in [5, 5.41) is 11.0. The van der Waals surface area contributed by atoms with Crippen LogP contribution in [-0.2, 0) is 0 Å². The van der Waals surface area contributed by atoms with Crippen molar-refractivity contribution in [2.24, 2.45) is 0 Å². The zero-order valence-corrected chi connectivity index (χ0v) is 11.5. The molecule has 0 bridgehead atoms. The lowest BCUT2D eigenvalue weighted by Gasteiger charge is -2.04. The van der Waals surface area contributed by atoms with Crippen LogP contribution in [0.15, 0.2) is 48.8 Å². The molecule has 0 saturated heterocycles. The molecule has 0 aliphatic rings. The second-order valence-electron chi connectivity index (χ2n) is 5.07. The number of H-pyrrole nitrogens is 1. The van der Waals surface area contributed by atoms with Gasteiger partial charge in [0.15, 0.2) is 0 Å². The average Bonchev–Trinajstić information content (AvgIpc) is 2.92. The van der Waals surface area contributed by atoms with E-state index in [1.807, 2.05) is 36.4 Å². The molecule has 2 heterocycles. The lowest BCUT2D eigenvalue weighted by Crippen LogP contribution is -1.90. The molecule has 0 aliphatic heterocycles. The highest BCUT2D eigenvalue weighted by molar-refractivity contribution is 6.12. The molecule has 0 saturated carbocycles. The second kappa shape index (κ2) is 4.57. The van der Waals surface area contributed by atoms with Crippen LogP contribution in [0.4, 0.5) is 5.69 Å². The summed E-state index contributed by atoms with van der Waals surface area (Å²) in [6.45, 7) is 0. The van der Waals surface area contributed by atoms with E-state index in [0.717, 1.165) is 33.2 Å². The first-order chi connectivity index (χ1) is 10.8. The van der Waals surface area contributed by atoms with Crippen molar-refractivity contribution in [2.75, 3.05) is 5.73 Å². The molecule has 3 N–H and O–H groups in total. The van der Waals surface area contributed by atoms with E-state index >= 15 is 0 Å². The number of rotatable bonds is 1. The number of nitrogens with one attached hydrogen (secondary N) is 1. The molecule has 0 amide bonds. The molecular weight excluding hydrogens is 274 g/mol. The summed E-state index contributed by atoms with van der Waals surface area (Å²) in [6, 6.07) is 15.3. The molecule has 0 fully saturated rings. The number of nitrogen functional groups attached to an aromatic ring is 1. The number of hydrogen-bond acceptors (Lipinski definition) is 4. The predicted octanol–water partition coefficient (Wildman–Crippen LogP) is 3.23. The van der Waals surface area contributed by atoms with Gasteiger partial charge in [-0.2, -0.15) is 5.26 Å². The summed E-state index contributed by atoms with van der Waals surface area (Å²) < 4.78 is 0. The molecule has 0 atom stereocenters. The Morgan fingerprint density at radius 2 is 2.00 bits per heavy atom. The number of nitrogens with zero attached hydrogens (tertiary/aromatic N) is 3.